The summed E-state index contributed by atoms with van der Waals surface area (Å²) >= 11 is 0. The standard InChI is InChI=1S/C37H49NO9/c1-5-31-24(4)13-14-36(47-31)19-28-18-27(46-36)12-11-23(3)16-22(2)8-6-9-26-21-43-33-32(39)25(17-29(34(40)45-28)37(26,33)42)20-44-35(41)30-10-7-15-38-30/h6-11,15,17,22,24,27-29,31-33,38-39,42H,5,12-14,16,18-21H2,1-4H3. The maximum Gasteiger partial charge on any atom is 0.355 e. The van der Waals surface area contributed by atoms with Gasteiger partial charge in [0.2, 0.25) is 0 Å². The maximum absolute atomic E-state index is 14.3. The van der Waals surface area contributed by atoms with Gasteiger partial charge >= 0.3 is 11.9 Å². The number of H-pyrrole nitrogens is 1. The Bertz CT molecular complexity index is 1430. The van der Waals surface area contributed by atoms with Gasteiger partial charge in [-0.3, -0.25) is 4.79 Å². The lowest BCUT2D eigenvalue weighted by atomic mass is 9.70. The van der Waals surface area contributed by atoms with Gasteiger partial charge in [-0.15, -0.1) is 0 Å². The van der Waals surface area contributed by atoms with Gasteiger partial charge in [0.25, 0.3) is 0 Å². The summed E-state index contributed by atoms with van der Waals surface area (Å²) in [5, 5.41) is 23.7. The van der Waals surface area contributed by atoms with Crippen LogP contribution in [-0.4, -0.2) is 82.3 Å². The second-order valence-corrected chi connectivity index (χ2v) is 14.2. The molecule has 0 radical (unpaired) electrons. The van der Waals surface area contributed by atoms with Gasteiger partial charge in [-0.1, -0.05) is 56.7 Å². The van der Waals surface area contributed by atoms with E-state index in [2.05, 4.69) is 44.8 Å². The molecule has 47 heavy (non-hydrogen) atoms. The molecular weight excluding hydrogens is 602 g/mol. The number of aliphatic hydroxyl groups is 2. The highest BCUT2D eigenvalue weighted by Crippen LogP contribution is 2.47. The lowest BCUT2D eigenvalue weighted by Crippen LogP contribution is -2.58. The summed E-state index contributed by atoms with van der Waals surface area (Å²) in [6.45, 7) is 8.32. The average molecular weight is 652 g/mol. The van der Waals surface area contributed by atoms with E-state index in [0.29, 0.717) is 37.2 Å². The number of rotatable bonds is 4. The van der Waals surface area contributed by atoms with Crippen molar-refractivity contribution < 1.29 is 43.5 Å². The summed E-state index contributed by atoms with van der Waals surface area (Å²) in [7, 11) is 0. The van der Waals surface area contributed by atoms with Crippen LogP contribution >= 0.6 is 0 Å². The van der Waals surface area contributed by atoms with Gasteiger partial charge < -0.3 is 38.9 Å². The Morgan fingerprint density at radius 3 is 2.81 bits per heavy atom. The number of aliphatic hydroxyl groups excluding tert-OH is 1. The summed E-state index contributed by atoms with van der Waals surface area (Å²) in [6.07, 6.45) is 12.8. The lowest BCUT2D eigenvalue weighted by molar-refractivity contribution is -0.335. The van der Waals surface area contributed by atoms with Crippen LogP contribution in [0.3, 0.4) is 0 Å². The van der Waals surface area contributed by atoms with Crippen LogP contribution in [0.25, 0.3) is 0 Å². The molecule has 2 bridgehead atoms. The molecule has 0 aromatic carbocycles. The first-order chi connectivity index (χ1) is 22.5. The zero-order chi connectivity index (χ0) is 33.3. The Hall–Kier alpha value is -3.02. The predicted octanol–water partition coefficient (Wildman–Crippen LogP) is 5.09. The second-order valence-electron chi connectivity index (χ2n) is 14.2. The smallest absolute Gasteiger partial charge is 0.355 e. The normalized spacial score (nSPS) is 39.4. The van der Waals surface area contributed by atoms with Crippen molar-refractivity contribution in [3.63, 3.8) is 0 Å². The minimum absolute atomic E-state index is 0.0237. The van der Waals surface area contributed by atoms with E-state index >= 15 is 0 Å². The largest absolute Gasteiger partial charge is 0.462 e. The van der Waals surface area contributed by atoms with E-state index in [4.69, 9.17) is 23.7 Å². The highest BCUT2D eigenvalue weighted by molar-refractivity contribution is 5.87. The number of fused-ring (bicyclic) bond motifs is 2. The Kier molecular flexibility index (Phi) is 9.97. The number of hydrogen-bond donors (Lipinski definition) is 3. The van der Waals surface area contributed by atoms with Crippen LogP contribution in [0, 0.1) is 17.8 Å². The number of aromatic nitrogens is 1. The van der Waals surface area contributed by atoms with E-state index in [-0.39, 0.29) is 42.6 Å². The van der Waals surface area contributed by atoms with Crippen molar-refractivity contribution in [3.8, 4) is 0 Å². The third kappa shape index (κ3) is 6.94. The van der Waals surface area contributed by atoms with E-state index in [1.54, 1.807) is 24.4 Å². The van der Waals surface area contributed by atoms with Crippen molar-refractivity contribution in [1.82, 2.24) is 4.98 Å². The molecule has 0 amide bonds. The molecule has 10 heteroatoms. The van der Waals surface area contributed by atoms with Crippen LogP contribution in [0.1, 0.15) is 83.1 Å². The first-order valence-electron chi connectivity index (χ1n) is 17.1. The topological polar surface area (TPSA) is 137 Å². The average Bonchev–Trinajstić information content (AvgIpc) is 3.69. The number of hydrogen-bond acceptors (Lipinski definition) is 9. The molecule has 10 atom stereocenters. The Balaban J connectivity index is 1.34. The number of carbonyl (C=O) groups is 2. The molecule has 6 rings (SSSR count). The summed E-state index contributed by atoms with van der Waals surface area (Å²) < 4.78 is 31.2. The van der Waals surface area contributed by atoms with Crippen LogP contribution in [0.4, 0.5) is 0 Å². The van der Waals surface area contributed by atoms with E-state index in [0.717, 1.165) is 19.3 Å². The molecule has 1 aromatic heterocycles. The first-order valence-corrected chi connectivity index (χ1v) is 17.1. The van der Waals surface area contributed by atoms with Gasteiger partial charge in [0, 0.05) is 25.5 Å². The highest BCUT2D eigenvalue weighted by atomic mass is 16.7. The first kappa shape index (κ1) is 33.9. The Morgan fingerprint density at radius 1 is 1.21 bits per heavy atom. The maximum atomic E-state index is 14.3. The molecule has 1 aromatic rings. The van der Waals surface area contributed by atoms with Gasteiger partial charge in [0.15, 0.2) is 5.79 Å². The van der Waals surface area contributed by atoms with Gasteiger partial charge in [0.1, 0.15) is 42.1 Å². The van der Waals surface area contributed by atoms with E-state index < -0.39 is 47.6 Å². The van der Waals surface area contributed by atoms with Crippen LogP contribution in [0.15, 0.2) is 65.4 Å². The fraction of sp³-hybridized carbons (Fsp3) is 0.622. The third-order valence-electron chi connectivity index (χ3n) is 10.6. The van der Waals surface area contributed by atoms with Crippen molar-refractivity contribution in [3.05, 3.63) is 71.1 Å². The number of allylic oxidation sites excluding steroid dienone is 4. The molecule has 5 aliphatic rings. The fourth-order valence-corrected chi connectivity index (χ4v) is 7.95. The molecular formula is C37H49NO9. The highest BCUT2D eigenvalue weighted by Gasteiger charge is 2.60. The molecule has 10 unspecified atom stereocenters. The van der Waals surface area contributed by atoms with Crippen LogP contribution in [-0.2, 0) is 28.5 Å². The molecule has 0 saturated carbocycles. The van der Waals surface area contributed by atoms with Gasteiger partial charge in [-0.05, 0) is 67.7 Å². The van der Waals surface area contributed by atoms with Crippen molar-refractivity contribution in [2.24, 2.45) is 17.8 Å². The number of carbonyl (C=O) groups excluding carboxylic acids is 2. The quantitative estimate of drug-likeness (QED) is 0.301. The Labute approximate surface area is 276 Å². The molecule has 3 saturated heterocycles. The summed E-state index contributed by atoms with van der Waals surface area (Å²) in [5.74, 6) is -2.69. The number of ether oxygens (including phenoxy) is 5. The van der Waals surface area contributed by atoms with Crippen LogP contribution < -0.4 is 0 Å². The van der Waals surface area contributed by atoms with E-state index in [9.17, 15) is 19.8 Å². The van der Waals surface area contributed by atoms with E-state index in [1.807, 2.05) is 6.08 Å². The van der Waals surface area contributed by atoms with Crippen molar-refractivity contribution in [1.29, 1.82) is 0 Å². The molecule has 10 nitrogen and oxygen atoms in total. The van der Waals surface area contributed by atoms with Crippen LogP contribution in [0.5, 0.6) is 0 Å². The predicted molar refractivity (Wildman–Crippen MR) is 173 cm³/mol. The molecule has 256 valence electrons. The second kappa shape index (κ2) is 13.8. The van der Waals surface area contributed by atoms with Gasteiger partial charge in [-0.2, -0.15) is 0 Å². The zero-order valence-corrected chi connectivity index (χ0v) is 27.9. The number of esters is 2. The molecule has 3 N–H and O–H groups in total. The lowest BCUT2D eigenvalue weighted by Gasteiger charge is -2.50. The summed E-state index contributed by atoms with van der Waals surface area (Å²) in [4.78, 5) is 29.7. The van der Waals surface area contributed by atoms with Gasteiger partial charge in [-0.25, -0.2) is 4.79 Å². The van der Waals surface area contributed by atoms with E-state index in [1.165, 1.54) is 11.6 Å². The van der Waals surface area contributed by atoms with Crippen molar-refractivity contribution in [2.75, 3.05) is 13.2 Å². The third-order valence-corrected chi connectivity index (χ3v) is 10.6. The number of aromatic amines is 1. The summed E-state index contributed by atoms with van der Waals surface area (Å²) in [5.41, 5.74) is 0.380. The van der Waals surface area contributed by atoms with Crippen molar-refractivity contribution in [2.45, 2.75) is 115 Å². The molecule has 5 heterocycles. The minimum Gasteiger partial charge on any atom is -0.462 e. The van der Waals surface area contributed by atoms with Crippen LogP contribution in [0.2, 0.25) is 0 Å². The van der Waals surface area contributed by atoms with Crippen molar-refractivity contribution >= 4 is 11.9 Å². The monoisotopic (exact) mass is 651 g/mol. The fourth-order valence-electron chi connectivity index (χ4n) is 7.95. The molecule has 3 fully saturated rings. The molecule has 1 spiro atoms. The number of nitrogens with one attached hydrogen (secondary N) is 1. The molecule has 4 aliphatic heterocycles. The molecule has 1 aliphatic carbocycles. The summed E-state index contributed by atoms with van der Waals surface area (Å²) in [6, 6.07) is 3.27. The van der Waals surface area contributed by atoms with Gasteiger partial charge in [0.05, 0.1) is 18.8 Å². The zero-order valence-electron chi connectivity index (χ0n) is 27.9. The SMILES string of the molecule is CCC1OC2(CCC1C)CC1CC(CC=C(C)CC(C)C=CC=C3COC4C(O)C(COC(=O)c5ccc[nH]5)=CC(C(=O)O1)C34O)O2. The minimum atomic E-state index is -1.86. The Morgan fingerprint density at radius 2 is 2.04 bits per heavy atom.